The van der Waals surface area contributed by atoms with Gasteiger partial charge in [0.2, 0.25) is 5.91 Å². The predicted octanol–water partition coefficient (Wildman–Crippen LogP) is 2.71. The summed E-state index contributed by atoms with van der Waals surface area (Å²) < 4.78 is 16.9. The lowest BCUT2D eigenvalue weighted by atomic mass is 10.2. The molecule has 2 aromatic rings. The van der Waals surface area contributed by atoms with Crippen molar-refractivity contribution in [1.29, 1.82) is 0 Å². The summed E-state index contributed by atoms with van der Waals surface area (Å²) in [5, 5.41) is 2.91. The fourth-order valence-electron chi connectivity index (χ4n) is 2.92. The molecule has 138 valence electrons. The van der Waals surface area contributed by atoms with Crippen molar-refractivity contribution in [3.8, 4) is 17.2 Å². The zero-order valence-electron chi connectivity index (χ0n) is 15.3. The zero-order valence-corrected chi connectivity index (χ0v) is 15.3. The van der Waals surface area contributed by atoms with Crippen molar-refractivity contribution < 1.29 is 19.0 Å². The SMILES string of the molecule is COc1ccc(C)cc1NC(=O)CN(C)C[C@H]1COc2ccccc2O1. The molecule has 1 N–H and O–H groups in total. The van der Waals surface area contributed by atoms with Crippen LogP contribution in [0.5, 0.6) is 17.2 Å². The molecule has 3 rings (SSSR count). The first-order valence-corrected chi connectivity index (χ1v) is 8.56. The van der Waals surface area contributed by atoms with E-state index in [2.05, 4.69) is 5.32 Å². The largest absolute Gasteiger partial charge is 0.495 e. The third-order valence-corrected chi connectivity index (χ3v) is 4.13. The molecular weight excluding hydrogens is 332 g/mol. The number of hydrogen-bond donors (Lipinski definition) is 1. The number of ether oxygens (including phenoxy) is 3. The van der Waals surface area contributed by atoms with Crippen LogP contribution in [0, 0.1) is 6.92 Å². The summed E-state index contributed by atoms with van der Waals surface area (Å²) in [6, 6.07) is 13.3. The van der Waals surface area contributed by atoms with Gasteiger partial charge < -0.3 is 19.5 Å². The minimum atomic E-state index is -0.115. The molecule has 0 saturated carbocycles. The maximum atomic E-state index is 12.4. The highest BCUT2D eigenvalue weighted by atomic mass is 16.6. The van der Waals surface area contributed by atoms with Gasteiger partial charge in [-0.3, -0.25) is 9.69 Å². The van der Waals surface area contributed by atoms with E-state index in [1.165, 1.54) is 0 Å². The van der Waals surface area contributed by atoms with Crippen molar-refractivity contribution >= 4 is 11.6 Å². The average molecular weight is 356 g/mol. The van der Waals surface area contributed by atoms with Gasteiger partial charge in [0.15, 0.2) is 11.5 Å². The van der Waals surface area contributed by atoms with E-state index in [9.17, 15) is 4.79 Å². The highest BCUT2D eigenvalue weighted by Gasteiger charge is 2.22. The van der Waals surface area contributed by atoms with Crippen LogP contribution in [0.4, 0.5) is 5.69 Å². The number of carbonyl (C=O) groups is 1. The quantitative estimate of drug-likeness (QED) is 0.862. The molecule has 6 nitrogen and oxygen atoms in total. The van der Waals surface area contributed by atoms with E-state index < -0.39 is 0 Å². The van der Waals surface area contributed by atoms with Crippen LogP contribution < -0.4 is 19.5 Å². The second-order valence-corrected chi connectivity index (χ2v) is 6.45. The van der Waals surface area contributed by atoms with Gasteiger partial charge in [0, 0.05) is 6.54 Å². The number of likely N-dealkylation sites (N-methyl/N-ethyl adjacent to an activating group) is 1. The Morgan fingerprint density at radius 2 is 2.04 bits per heavy atom. The number of amides is 1. The van der Waals surface area contributed by atoms with E-state index >= 15 is 0 Å². The molecule has 2 aromatic carbocycles. The molecule has 0 spiro atoms. The van der Waals surface area contributed by atoms with E-state index in [1.54, 1.807) is 7.11 Å². The Labute approximate surface area is 153 Å². The van der Waals surface area contributed by atoms with Crippen LogP contribution in [0.15, 0.2) is 42.5 Å². The Bertz CT molecular complexity index is 778. The molecule has 0 radical (unpaired) electrons. The van der Waals surface area contributed by atoms with Crippen molar-refractivity contribution in [3.63, 3.8) is 0 Å². The number of fused-ring (bicyclic) bond motifs is 1. The summed E-state index contributed by atoms with van der Waals surface area (Å²) in [4.78, 5) is 14.3. The molecule has 1 aliphatic heterocycles. The number of nitrogens with zero attached hydrogens (tertiary/aromatic N) is 1. The smallest absolute Gasteiger partial charge is 0.238 e. The van der Waals surface area contributed by atoms with Crippen LogP contribution in [0.25, 0.3) is 0 Å². The Morgan fingerprint density at radius 3 is 2.81 bits per heavy atom. The van der Waals surface area contributed by atoms with Gasteiger partial charge in [-0.1, -0.05) is 18.2 Å². The Balaban J connectivity index is 1.53. The molecule has 0 bridgehead atoms. The maximum absolute atomic E-state index is 12.4. The Morgan fingerprint density at radius 1 is 1.27 bits per heavy atom. The van der Waals surface area contributed by atoms with Crippen molar-refractivity contribution in [1.82, 2.24) is 4.90 Å². The van der Waals surface area contributed by atoms with Crippen molar-refractivity contribution in [2.45, 2.75) is 13.0 Å². The molecule has 0 aromatic heterocycles. The fourth-order valence-corrected chi connectivity index (χ4v) is 2.92. The minimum Gasteiger partial charge on any atom is -0.495 e. The second-order valence-electron chi connectivity index (χ2n) is 6.45. The molecule has 0 saturated heterocycles. The predicted molar refractivity (Wildman–Crippen MR) is 100 cm³/mol. The summed E-state index contributed by atoms with van der Waals surface area (Å²) in [5.41, 5.74) is 1.73. The molecule has 1 aliphatic rings. The monoisotopic (exact) mass is 356 g/mol. The van der Waals surface area contributed by atoms with Crippen molar-refractivity contribution in [2.75, 3.05) is 39.2 Å². The first kappa shape index (κ1) is 18.1. The lowest BCUT2D eigenvalue weighted by molar-refractivity contribution is -0.117. The number of para-hydroxylation sites is 2. The Hall–Kier alpha value is -2.73. The third kappa shape index (κ3) is 4.46. The second kappa shape index (κ2) is 8.10. The topological polar surface area (TPSA) is 60.0 Å². The van der Waals surface area contributed by atoms with E-state index in [-0.39, 0.29) is 18.6 Å². The highest BCUT2D eigenvalue weighted by Crippen LogP contribution is 2.31. The van der Waals surface area contributed by atoms with Crippen LogP contribution in [0.2, 0.25) is 0 Å². The molecule has 1 amide bonds. The van der Waals surface area contributed by atoms with Crippen molar-refractivity contribution in [2.24, 2.45) is 0 Å². The summed E-state index contributed by atoms with van der Waals surface area (Å²) >= 11 is 0. The fraction of sp³-hybridized carbons (Fsp3) is 0.350. The van der Waals surface area contributed by atoms with E-state index in [1.807, 2.05) is 61.3 Å². The van der Waals surface area contributed by atoms with Crippen LogP contribution in [-0.4, -0.2) is 50.8 Å². The molecule has 0 aliphatic carbocycles. The third-order valence-electron chi connectivity index (χ3n) is 4.13. The maximum Gasteiger partial charge on any atom is 0.238 e. The lowest BCUT2D eigenvalue weighted by Gasteiger charge is -2.29. The lowest BCUT2D eigenvalue weighted by Crippen LogP contribution is -2.42. The number of methoxy groups -OCH3 is 1. The summed E-state index contributed by atoms with van der Waals surface area (Å²) in [6.07, 6.45) is -0.115. The average Bonchev–Trinajstić information content (AvgIpc) is 2.61. The molecule has 1 heterocycles. The Kier molecular flexibility index (Phi) is 5.63. The standard InChI is InChI=1S/C20H24N2O4/c1-14-8-9-17(24-3)16(10-14)21-20(23)12-22(2)11-15-13-25-18-6-4-5-7-19(18)26-15/h4-10,15H,11-13H2,1-3H3,(H,21,23)/t15-/m0/s1. The molecule has 6 heteroatoms. The number of nitrogens with one attached hydrogen (secondary N) is 1. The summed E-state index contributed by atoms with van der Waals surface area (Å²) in [7, 11) is 3.47. The van der Waals surface area contributed by atoms with Crippen LogP contribution in [0.1, 0.15) is 5.56 Å². The van der Waals surface area contributed by atoms with Gasteiger partial charge in [-0.25, -0.2) is 0 Å². The number of benzene rings is 2. The molecular formula is C20H24N2O4. The van der Waals surface area contributed by atoms with Crippen LogP contribution in [0.3, 0.4) is 0 Å². The van der Waals surface area contributed by atoms with Crippen LogP contribution >= 0.6 is 0 Å². The zero-order chi connectivity index (χ0) is 18.5. The molecule has 1 atom stereocenters. The van der Waals surface area contributed by atoms with Gasteiger partial charge in [0.1, 0.15) is 18.5 Å². The van der Waals surface area contributed by atoms with E-state index in [4.69, 9.17) is 14.2 Å². The number of hydrogen-bond acceptors (Lipinski definition) is 5. The normalized spacial score (nSPS) is 15.6. The van der Waals surface area contributed by atoms with Gasteiger partial charge in [-0.2, -0.15) is 0 Å². The summed E-state index contributed by atoms with van der Waals surface area (Å²) in [5.74, 6) is 2.04. The van der Waals surface area contributed by atoms with E-state index in [0.29, 0.717) is 24.6 Å². The molecule has 0 unspecified atom stereocenters. The van der Waals surface area contributed by atoms with Gasteiger partial charge in [0.05, 0.1) is 19.3 Å². The van der Waals surface area contributed by atoms with Gasteiger partial charge in [-0.05, 0) is 43.8 Å². The summed E-state index contributed by atoms with van der Waals surface area (Å²) in [6.45, 7) is 3.28. The van der Waals surface area contributed by atoms with E-state index in [0.717, 1.165) is 17.1 Å². The van der Waals surface area contributed by atoms with Crippen molar-refractivity contribution in [3.05, 3.63) is 48.0 Å². The van der Waals surface area contributed by atoms with Gasteiger partial charge in [0.25, 0.3) is 0 Å². The van der Waals surface area contributed by atoms with Crippen LogP contribution in [-0.2, 0) is 4.79 Å². The first-order valence-electron chi connectivity index (χ1n) is 8.56. The number of carbonyl (C=O) groups excluding carboxylic acids is 1. The minimum absolute atomic E-state index is 0.103. The number of aryl methyl sites for hydroxylation is 1. The molecule has 26 heavy (non-hydrogen) atoms. The van der Waals surface area contributed by atoms with Gasteiger partial charge >= 0.3 is 0 Å². The number of anilines is 1. The highest BCUT2D eigenvalue weighted by molar-refractivity contribution is 5.93. The molecule has 0 fully saturated rings. The first-order chi connectivity index (χ1) is 12.5. The van der Waals surface area contributed by atoms with Gasteiger partial charge in [-0.15, -0.1) is 0 Å². The number of rotatable bonds is 6.